The van der Waals surface area contributed by atoms with Crippen LogP contribution < -0.4 is 10.5 Å². The third-order valence-corrected chi connectivity index (χ3v) is 6.22. The minimum atomic E-state index is -3.62. The molecule has 1 saturated heterocycles. The summed E-state index contributed by atoms with van der Waals surface area (Å²) in [7, 11) is -3.05. The number of hydrogen-bond donors (Lipinski definition) is 1. The summed E-state index contributed by atoms with van der Waals surface area (Å²) in [6.45, 7) is 0.529. The normalized spacial score (nSPS) is 18.4. The number of methoxy groups -OCH3 is 1. The lowest BCUT2D eigenvalue weighted by Crippen LogP contribution is -2.41. The van der Waals surface area contributed by atoms with E-state index >= 15 is 0 Å². The topological polar surface area (TPSA) is 89.7 Å². The molecule has 1 fully saturated rings. The number of sulfonamides is 1. The van der Waals surface area contributed by atoms with Gasteiger partial charge in [0.25, 0.3) is 0 Å². The van der Waals surface area contributed by atoms with E-state index in [0.717, 1.165) is 0 Å². The standard InChI is InChI=1S/C11H16N2O4S2/c1-17-9-2-3-11(10(12)8-9)19(15,16)13-4-6-18(14)7-5-13/h2-3,8H,4-7,12H2,1H3. The summed E-state index contributed by atoms with van der Waals surface area (Å²) in [5.74, 6) is 1.25. The predicted molar refractivity (Wildman–Crippen MR) is 74.0 cm³/mol. The Hall–Kier alpha value is -1.12. The van der Waals surface area contributed by atoms with Crippen LogP contribution in [-0.4, -0.2) is 48.6 Å². The highest BCUT2D eigenvalue weighted by molar-refractivity contribution is 7.89. The molecule has 0 aromatic heterocycles. The van der Waals surface area contributed by atoms with Gasteiger partial charge < -0.3 is 10.5 Å². The fourth-order valence-corrected chi connectivity index (χ4v) is 4.71. The van der Waals surface area contributed by atoms with Gasteiger partial charge in [-0.1, -0.05) is 0 Å². The average Bonchev–Trinajstić information content (AvgIpc) is 2.38. The number of rotatable bonds is 3. The minimum Gasteiger partial charge on any atom is -0.497 e. The lowest BCUT2D eigenvalue weighted by Gasteiger charge is -2.26. The summed E-state index contributed by atoms with van der Waals surface area (Å²) in [5.41, 5.74) is 5.93. The Labute approximate surface area is 115 Å². The van der Waals surface area contributed by atoms with E-state index in [-0.39, 0.29) is 23.7 Å². The van der Waals surface area contributed by atoms with Crippen molar-refractivity contribution < 1.29 is 17.4 Å². The van der Waals surface area contributed by atoms with Crippen molar-refractivity contribution in [1.82, 2.24) is 4.31 Å². The van der Waals surface area contributed by atoms with Crippen LogP contribution in [-0.2, 0) is 20.8 Å². The molecule has 1 aliphatic rings. The van der Waals surface area contributed by atoms with Gasteiger partial charge in [0.05, 0.1) is 12.8 Å². The molecule has 1 heterocycles. The second-order valence-electron chi connectivity index (χ2n) is 4.16. The van der Waals surface area contributed by atoms with E-state index in [2.05, 4.69) is 0 Å². The van der Waals surface area contributed by atoms with Crippen LogP contribution in [0.15, 0.2) is 23.1 Å². The van der Waals surface area contributed by atoms with Gasteiger partial charge in [-0.15, -0.1) is 0 Å². The fraction of sp³-hybridized carbons (Fsp3) is 0.455. The summed E-state index contributed by atoms with van der Waals surface area (Å²) in [4.78, 5) is 0.0704. The van der Waals surface area contributed by atoms with Gasteiger partial charge in [0.1, 0.15) is 10.6 Å². The van der Waals surface area contributed by atoms with Crippen LogP contribution >= 0.6 is 0 Å². The van der Waals surface area contributed by atoms with E-state index in [1.54, 1.807) is 6.07 Å². The van der Waals surface area contributed by atoms with E-state index in [9.17, 15) is 12.6 Å². The molecule has 2 N–H and O–H groups in total. The molecule has 0 saturated carbocycles. The van der Waals surface area contributed by atoms with Gasteiger partial charge >= 0.3 is 0 Å². The second kappa shape index (κ2) is 5.48. The van der Waals surface area contributed by atoms with Crippen molar-refractivity contribution in [2.45, 2.75) is 4.90 Å². The van der Waals surface area contributed by atoms with E-state index < -0.39 is 20.8 Å². The Morgan fingerprint density at radius 1 is 1.32 bits per heavy atom. The first-order chi connectivity index (χ1) is 8.95. The smallest absolute Gasteiger partial charge is 0.245 e. The van der Waals surface area contributed by atoms with Crippen molar-refractivity contribution in [1.29, 1.82) is 0 Å². The predicted octanol–water partition coefficient (Wildman–Crippen LogP) is 0.0304. The molecular weight excluding hydrogens is 288 g/mol. The first-order valence-electron chi connectivity index (χ1n) is 5.74. The van der Waals surface area contributed by atoms with Crippen molar-refractivity contribution in [2.75, 3.05) is 37.4 Å². The summed E-state index contributed by atoms with van der Waals surface area (Å²) in [6.07, 6.45) is 0. The van der Waals surface area contributed by atoms with Crippen molar-refractivity contribution in [2.24, 2.45) is 0 Å². The Morgan fingerprint density at radius 2 is 1.95 bits per heavy atom. The maximum absolute atomic E-state index is 12.4. The first kappa shape index (κ1) is 14.3. The van der Waals surface area contributed by atoms with Crippen LogP contribution in [0.1, 0.15) is 0 Å². The number of nitrogens with zero attached hydrogens (tertiary/aromatic N) is 1. The lowest BCUT2D eigenvalue weighted by molar-refractivity contribution is 0.414. The van der Waals surface area contributed by atoms with Crippen LogP contribution in [0, 0.1) is 0 Å². The van der Waals surface area contributed by atoms with Gasteiger partial charge in [0, 0.05) is 41.5 Å². The van der Waals surface area contributed by atoms with Crippen LogP contribution in [0.3, 0.4) is 0 Å². The van der Waals surface area contributed by atoms with Crippen LogP contribution in [0.4, 0.5) is 5.69 Å². The molecular formula is C11H16N2O4S2. The molecule has 2 rings (SSSR count). The number of anilines is 1. The zero-order valence-electron chi connectivity index (χ0n) is 10.5. The average molecular weight is 304 g/mol. The SMILES string of the molecule is COc1ccc(S(=O)(=O)N2CCS(=O)CC2)c(N)c1. The number of nitrogen functional groups attached to an aromatic ring is 1. The summed E-state index contributed by atoms with van der Waals surface area (Å²) in [6, 6.07) is 4.48. The highest BCUT2D eigenvalue weighted by Gasteiger charge is 2.29. The van der Waals surface area contributed by atoms with Crippen LogP contribution in [0.25, 0.3) is 0 Å². The molecule has 0 bridgehead atoms. The molecule has 0 unspecified atom stereocenters. The van der Waals surface area contributed by atoms with Crippen molar-refractivity contribution >= 4 is 26.5 Å². The highest BCUT2D eigenvalue weighted by Crippen LogP contribution is 2.27. The maximum Gasteiger partial charge on any atom is 0.245 e. The zero-order chi connectivity index (χ0) is 14.0. The quantitative estimate of drug-likeness (QED) is 0.796. The Bertz CT molecular complexity index is 591. The number of nitrogens with two attached hydrogens (primary N) is 1. The zero-order valence-corrected chi connectivity index (χ0v) is 12.2. The number of hydrogen-bond acceptors (Lipinski definition) is 5. The van der Waals surface area contributed by atoms with E-state index in [0.29, 0.717) is 17.3 Å². The second-order valence-corrected chi connectivity index (χ2v) is 7.76. The van der Waals surface area contributed by atoms with Crippen LogP contribution in [0.2, 0.25) is 0 Å². The Kier molecular flexibility index (Phi) is 4.12. The largest absolute Gasteiger partial charge is 0.497 e. The molecule has 19 heavy (non-hydrogen) atoms. The van der Waals surface area contributed by atoms with Gasteiger partial charge in [-0.05, 0) is 12.1 Å². The highest BCUT2D eigenvalue weighted by atomic mass is 32.2. The van der Waals surface area contributed by atoms with E-state index in [4.69, 9.17) is 10.5 Å². The Morgan fingerprint density at radius 3 is 2.47 bits per heavy atom. The van der Waals surface area contributed by atoms with Gasteiger partial charge in [-0.25, -0.2) is 8.42 Å². The van der Waals surface area contributed by atoms with Crippen molar-refractivity contribution in [3.05, 3.63) is 18.2 Å². The van der Waals surface area contributed by atoms with Crippen molar-refractivity contribution in [3.63, 3.8) is 0 Å². The summed E-state index contributed by atoms with van der Waals surface area (Å²) in [5, 5.41) is 0. The number of ether oxygens (including phenoxy) is 1. The monoisotopic (exact) mass is 304 g/mol. The minimum absolute atomic E-state index is 0.0704. The van der Waals surface area contributed by atoms with E-state index in [1.807, 2.05) is 0 Å². The first-order valence-corrected chi connectivity index (χ1v) is 8.66. The molecule has 0 radical (unpaired) electrons. The third-order valence-electron chi connectivity index (χ3n) is 2.97. The molecule has 8 heteroatoms. The molecule has 0 aliphatic carbocycles. The Balaban J connectivity index is 2.31. The third kappa shape index (κ3) is 2.90. The molecule has 0 atom stereocenters. The molecule has 1 aromatic carbocycles. The van der Waals surface area contributed by atoms with Gasteiger partial charge in [0.2, 0.25) is 10.0 Å². The van der Waals surface area contributed by atoms with E-state index in [1.165, 1.54) is 23.5 Å². The molecule has 0 spiro atoms. The van der Waals surface area contributed by atoms with Crippen LogP contribution in [0.5, 0.6) is 5.75 Å². The molecule has 1 aliphatic heterocycles. The molecule has 1 aromatic rings. The van der Waals surface area contributed by atoms with Gasteiger partial charge in [0.15, 0.2) is 0 Å². The van der Waals surface area contributed by atoms with Gasteiger partial charge in [-0.2, -0.15) is 4.31 Å². The lowest BCUT2D eigenvalue weighted by atomic mass is 10.3. The summed E-state index contributed by atoms with van der Waals surface area (Å²) < 4.78 is 42.4. The summed E-state index contributed by atoms with van der Waals surface area (Å²) >= 11 is 0. The number of benzene rings is 1. The van der Waals surface area contributed by atoms with Crippen molar-refractivity contribution in [3.8, 4) is 5.75 Å². The maximum atomic E-state index is 12.4. The molecule has 0 amide bonds. The molecule has 6 nitrogen and oxygen atoms in total. The fourth-order valence-electron chi connectivity index (χ4n) is 1.89. The molecule has 106 valence electrons. The van der Waals surface area contributed by atoms with Gasteiger partial charge in [-0.3, -0.25) is 4.21 Å².